The Bertz CT molecular complexity index is 823. The Morgan fingerprint density at radius 1 is 1.25 bits per heavy atom. The minimum atomic E-state index is -0.621. The molecule has 5 nitrogen and oxygen atoms in total. The summed E-state index contributed by atoms with van der Waals surface area (Å²) in [5, 5.41) is 0.468. The molecule has 0 saturated heterocycles. The van der Waals surface area contributed by atoms with Gasteiger partial charge < -0.3 is 4.57 Å². The van der Waals surface area contributed by atoms with E-state index in [0.29, 0.717) is 15.1 Å². The summed E-state index contributed by atoms with van der Waals surface area (Å²) >= 11 is 9.09. The van der Waals surface area contributed by atoms with Gasteiger partial charge in [-0.15, -0.1) is 0 Å². The Balaban J connectivity index is 2.62. The first-order chi connectivity index (χ1) is 9.32. The fraction of sp³-hybridized carbons (Fsp3) is 0.154. The third kappa shape index (κ3) is 2.48. The van der Waals surface area contributed by atoms with Gasteiger partial charge in [-0.2, -0.15) is 0 Å². The molecule has 0 unspecified atom stereocenters. The maximum absolute atomic E-state index is 12.4. The first-order valence-corrected chi connectivity index (χ1v) is 6.76. The second-order valence-corrected chi connectivity index (χ2v) is 5.52. The second-order valence-electron chi connectivity index (χ2n) is 4.26. The van der Waals surface area contributed by atoms with E-state index >= 15 is 0 Å². The number of halogens is 2. The van der Waals surface area contributed by atoms with E-state index in [-0.39, 0.29) is 5.56 Å². The van der Waals surface area contributed by atoms with Crippen LogP contribution in [-0.2, 0) is 14.1 Å². The van der Waals surface area contributed by atoms with E-state index in [9.17, 15) is 14.4 Å². The molecule has 1 aromatic heterocycles. The quantitative estimate of drug-likeness (QED) is 0.769. The summed E-state index contributed by atoms with van der Waals surface area (Å²) < 4.78 is 2.66. The van der Waals surface area contributed by atoms with Gasteiger partial charge in [-0.1, -0.05) is 11.6 Å². The van der Waals surface area contributed by atoms with Gasteiger partial charge in [0.25, 0.3) is 5.56 Å². The highest BCUT2D eigenvalue weighted by Gasteiger charge is 2.17. The average molecular weight is 358 g/mol. The molecule has 104 valence electrons. The number of benzene rings is 1. The van der Waals surface area contributed by atoms with E-state index in [1.807, 2.05) is 0 Å². The van der Waals surface area contributed by atoms with E-state index < -0.39 is 17.0 Å². The molecule has 0 aliphatic heterocycles. The lowest BCUT2D eigenvalue weighted by atomic mass is 10.1. The molecule has 0 atom stereocenters. The maximum Gasteiger partial charge on any atom is 0.330 e. The van der Waals surface area contributed by atoms with Crippen molar-refractivity contribution < 1.29 is 4.79 Å². The summed E-state index contributed by atoms with van der Waals surface area (Å²) in [6.07, 6.45) is 1.25. The summed E-state index contributed by atoms with van der Waals surface area (Å²) in [7, 11) is 2.82. The number of rotatable bonds is 2. The summed E-state index contributed by atoms with van der Waals surface area (Å²) in [5.41, 5.74) is -0.853. The molecule has 0 radical (unpaired) electrons. The molecule has 0 bridgehead atoms. The largest absolute Gasteiger partial charge is 0.330 e. The molecule has 2 rings (SSSR count). The number of hydrogen-bond donors (Lipinski definition) is 0. The zero-order chi connectivity index (χ0) is 15.0. The van der Waals surface area contributed by atoms with E-state index in [2.05, 4.69) is 15.9 Å². The molecule has 20 heavy (non-hydrogen) atoms. The third-order valence-corrected chi connectivity index (χ3v) is 4.09. The van der Waals surface area contributed by atoms with E-state index in [0.717, 1.165) is 4.57 Å². The molecular formula is C13H10BrClN2O3. The van der Waals surface area contributed by atoms with Crippen LogP contribution in [0.5, 0.6) is 0 Å². The third-order valence-electron chi connectivity index (χ3n) is 2.87. The van der Waals surface area contributed by atoms with Crippen molar-refractivity contribution >= 4 is 33.3 Å². The van der Waals surface area contributed by atoms with Crippen LogP contribution in [0.15, 0.2) is 38.5 Å². The van der Waals surface area contributed by atoms with Crippen LogP contribution in [0.4, 0.5) is 0 Å². The van der Waals surface area contributed by atoms with Crippen LogP contribution in [0.3, 0.4) is 0 Å². The predicted octanol–water partition coefficient (Wildman–Crippen LogP) is 1.73. The highest BCUT2D eigenvalue weighted by molar-refractivity contribution is 9.10. The minimum Gasteiger partial charge on any atom is -0.303 e. The number of aryl methyl sites for hydroxylation is 1. The summed E-state index contributed by atoms with van der Waals surface area (Å²) in [6, 6.07) is 4.63. The van der Waals surface area contributed by atoms with Crippen LogP contribution in [0.25, 0.3) is 0 Å². The van der Waals surface area contributed by atoms with Crippen LogP contribution < -0.4 is 11.2 Å². The maximum atomic E-state index is 12.4. The molecule has 0 aliphatic rings. The molecule has 0 N–H and O–H groups in total. The van der Waals surface area contributed by atoms with E-state index in [1.165, 1.54) is 37.0 Å². The highest BCUT2D eigenvalue weighted by atomic mass is 79.9. The van der Waals surface area contributed by atoms with Gasteiger partial charge in [-0.3, -0.25) is 14.2 Å². The fourth-order valence-electron chi connectivity index (χ4n) is 1.76. The monoisotopic (exact) mass is 356 g/mol. The van der Waals surface area contributed by atoms with Crippen molar-refractivity contribution in [1.29, 1.82) is 0 Å². The van der Waals surface area contributed by atoms with E-state index in [4.69, 9.17) is 11.6 Å². The Morgan fingerprint density at radius 2 is 1.90 bits per heavy atom. The van der Waals surface area contributed by atoms with Crippen molar-refractivity contribution in [2.75, 3.05) is 0 Å². The van der Waals surface area contributed by atoms with Gasteiger partial charge in [0.05, 0.1) is 5.02 Å². The molecule has 1 heterocycles. The van der Waals surface area contributed by atoms with Crippen molar-refractivity contribution in [1.82, 2.24) is 9.13 Å². The molecule has 1 aromatic carbocycles. The molecule has 0 fully saturated rings. The molecule has 0 aliphatic carbocycles. The van der Waals surface area contributed by atoms with Crippen molar-refractivity contribution in [2.24, 2.45) is 14.1 Å². The van der Waals surface area contributed by atoms with Gasteiger partial charge in [0.15, 0.2) is 5.78 Å². The molecule has 2 aromatic rings. The molecule has 0 amide bonds. The Morgan fingerprint density at radius 3 is 2.50 bits per heavy atom. The van der Waals surface area contributed by atoms with Gasteiger partial charge in [0.2, 0.25) is 0 Å². The number of nitrogens with zero attached hydrogens (tertiary/aromatic N) is 2. The molecular weight excluding hydrogens is 348 g/mol. The number of carbonyl (C=O) groups excluding carboxylic acids is 1. The first kappa shape index (κ1) is 14.7. The minimum absolute atomic E-state index is 0.0659. The summed E-state index contributed by atoms with van der Waals surface area (Å²) in [6.45, 7) is 0. The first-order valence-electron chi connectivity index (χ1n) is 5.59. The Hall–Kier alpha value is -1.66. The van der Waals surface area contributed by atoms with Crippen LogP contribution in [0.1, 0.15) is 15.9 Å². The molecule has 0 saturated carbocycles. The average Bonchev–Trinajstić information content (AvgIpc) is 2.43. The highest BCUT2D eigenvalue weighted by Crippen LogP contribution is 2.23. The van der Waals surface area contributed by atoms with Crippen molar-refractivity contribution in [3.8, 4) is 0 Å². The van der Waals surface area contributed by atoms with Gasteiger partial charge >= 0.3 is 5.69 Å². The second kappa shape index (κ2) is 5.38. The van der Waals surface area contributed by atoms with Crippen molar-refractivity contribution in [2.45, 2.75) is 0 Å². The smallest absolute Gasteiger partial charge is 0.303 e. The zero-order valence-corrected chi connectivity index (χ0v) is 13.0. The molecule has 7 heteroatoms. The lowest BCUT2D eigenvalue weighted by Crippen LogP contribution is -2.39. The lowest BCUT2D eigenvalue weighted by molar-refractivity contribution is 0.103. The van der Waals surface area contributed by atoms with Crippen LogP contribution in [-0.4, -0.2) is 14.9 Å². The van der Waals surface area contributed by atoms with Crippen LogP contribution in [0, 0.1) is 0 Å². The summed E-state index contributed by atoms with van der Waals surface area (Å²) in [5.74, 6) is -0.460. The summed E-state index contributed by atoms with van der Waals surface area (Å²) in [4.78, 5) is 35.9. The van der Waals surface area contributed by atoms with E-state index in [1.54, 1.807) is 6.07 Å². The SMILES string of the molecule is Cn1cc(C(=O)c2ccc(Cl)c(Br)c2)c(=O)n(C)c1=O. The normalized spacial score (nSPS) is 10.6. The fourth-order valence-corrected chi connectivity index (χ4v) is 2.25. The standard InChI is InChI=1S/C13H10BrClN2O3/c1-16-6-8(12(19)17(2)13(16)20)11(18)7-3-4-10(15)9(14)5-7/h3-6H,1-2H3. The Labute approximate surface area is 127 Å². The predicted molar refractivity (Wildman–Crippen MR) is 79.5 cm³/mol. The lowest BCUT2D eigenvalue weighted by Gasteiger charge is -2.06. The van der Waals surface area contributed by atoms with Gasteiger partial charge in [0, 0.05) is 30.3 Å². The van der Waals surface area contributed by atoms with Gasteiger partial charge in [-0.25, -0.2) is 4.79 Å². The number of aromatic nitrogens is 2. The van der Waals surface area contributed by atoms with Gasteiger partial charge in [0.1, 0.15) is 5.56 Å². The Kier molecular flexibility index (Phi) is 3.96. The number of carbonyl (C=O) groups is 1. The number of hydrogen-bond acceptors (Lipinski definition) is 3. The number of ketones is 1. The van der Waals surface area contributed by atoms with Crippen molar-refractivity contribution in [3.05, 3.63) is 65.9 Å². The van der Waals surface area contributed by atoms with Gasteiger partial charge in [-0.05, 0) is 34.1 Å². The zero-order valence-electron chi connectivity index (χ0n) is 10.7. The topological polar surface area (TPSA) is 61.1 Å². The molecule has 0 spiro atoms. The van der Waals surface area contributed by atoms with Crippen molar-refractivity contribution in [3.63, 3.8) is 0 Å². The van der Waals surface area contributed by atoms with Crippen LogP contribution in [0.2, 0.25) is 5.02 Å². The van der Waals surface area contributed by atoms with Crippen LogP contribution >= 0.6 is 27.5 Å².